The molecular weight excluding hydrogens is 250 g/mol. The zero-order valence-corrected chi connectivity index (χ0v) is 10.4. The third kappa shape index (κ3) is 2.41. The first-order valence-electron chi connectivity index (χ1n) is 5.25. The molecule has 0 aliphatic carbocycles. The second-order valence-corrected chi connectivity index (χ2v) is 4.00. The predicted molar refractivity (Wildman–Crippen MR) is 67.5 cm³/mol. The lowest BCUT2D eigenvalue weighted by atomic mass is 9.97. The van der Waals surface area contributed by atoms with E-state index >= 15 is 0 Å². The van der Waals surface area contributed by atoms with Gasteiger partial charge in [0.25, 0.3) is 0 Å². The molecule has 0 radical (unpaired) electrons. The zero-order valence-electron chi connectivity index (χ0n) is 9.67. The van der Waals surface area contributed by atoms with Gasteiger partial charge in [0, 0.05) is 6.20 Å². The molecule has 0 aliphatic rings. The normalized spacial score (nSPS) is 11.6. The van der Waals surface area contributed by atoms with Crippen LogP contribution < -0.4 is 4.74 Å². The van der Waals surface area contributed by atoms with Crippen molar-refractivity contribution in [3.05, 3.63) is 53.1 Å². The summed E-state index contributed by atoms with van der Waals surface area (Å²) in [6.07, 6.45) is 3.03. The molecule has 0 spiro atoms. The second kappa shape index (κ2) is 5.48. The number of hydrogen-bond acceptors (Lipinski definition) is 4. The first kappa shape index (κ1) is 12.3. The maximum absolute atomic E-state index is 9.27. The Bertz CT molecular complexity index is 581. The summed E-state index contributed by atoms with van der Waals surface area (Å²) >= 11 is 6.05. The fourth-order valence-corrected chi connectivity index (χ4v) is 1.91. The van der Waals surface area contributed by atoms with E-state index in [4.69, 9.17) is 16.3 Å². The van der Waals surface area contributed by atoms with Crippen molar-refractivity contribution in [1.29, 1.82) is 5.26 Å². The second-order valence-electron chi connectivity index (χ2n) is 3.59. The van der Waals surface area contributed by atoms with Crippen molar-refractivity contribution in [3.8, 4) is 11.8 Å². The molecule has 2 rings (SSSR count). The highest BCUT2D eigenvalue weighted by Gasteiger charge is 2.16. The number of rotatable bonds is 3. The topological polar surface area (TPSA) is 58.8 Å². The van der Waals surface area contributed by atoms with Gasteiger partial charge in [0.2, 0.25) is 0 Å². The smallest absolute Gasteiger partial charge is 0.137 e. The lowest BCUT2D eigenvalue weighted by molar-refractivity contribution is 0.415. The molecule has 1 aromatic carbocycles. The van der Waals surface area contributed by atoms with E-state index in [1.807, 2.05) is 0 Å². The van der Waals surface area contributed by atoms with Crippen LogP contribution in [0.1, 0.15) is 17.2 Å². The lowest BCUT2D eigenvalue weighted by Crippen LogP contribution is -2.01. The third-order valence-electron chi connectivity index (χ3n) is 2.54. The molecule has 0 amide bonds. The highest BCUT2D eigenvalue weighted by atomic mass is 35.5. The summed E-state index contributed by atoms with van der Waals surface area (Å²) in [5.41, 5.74) is 1.43. The van der Waals surface area contributed by atoms with E-state index < -0.39 is 5.92 Å². The van der Waals surface area contributed by atoms with Gasteiger partial charge in [-0.1, -0.05) is 17.7 Å². The van der Waals surface area contributed by atoms with E-state index in [-0.39, 0.29) is 0 Å². The number of benzene rings is 1. The molecule has 5 heteroatoms. The van der Waals surface area contributed by atoms with Crippen molar-refractivity contribution >= 4 is 11.6 Å². The Kier molecular flexibility index (Phi) is 3.75. The highest BCUT2D eigenvalue weighted by molar-refractivity contribution is 6.32. The molecule has 0 N–H and O–H groups in total. The molecule has 90 valence electrons. The molecule has 2 aromatic rings. The van der Waals surface area contributed by atoms with E-state index in [2.05, 4.69) is 16.0 Å². The molecule has 4 nitrogen and oxygen atoms in total. The van der Waals surface area contributed by atoms with Crippen LogP contribution in [-0.2, 0) is 0 Å². The van der Waals surface area contributed by atoms with Crippen molar-refractivity contribution < 1.29 is 4.74 Å². The Morgan fingerprint density at radius 3 is 2.78 bits per heavy atom. The summed E-state index contributed by atoms with van der Waals surface area (Å²) in [7, 11) is 1.55. The SMILES string of the molecule is COc1ccc(C(C#N)c2ccncn2)cc1Cl. The van der Waals surface area contributed by atoms with Gasteiger partial charge in [0.1, 0.15) is 18.0 Å². The molecule has 0 saturated heterocycles. The molecule has 0 bridgehead atoms. The standard InChI is InChI=1S/C13H10ClN3O/c1-18-13-3-2-9(6-11(13)14)10(7-15)12-4-5-16-8-17-12/h2-6,8,10H,1H3. The number of hydrogen-bond donors (Lipinski definition) is 0. The van der Waals surface area contributed by atoms with Gasteiger partial charge >= 0.3 is 0 Å². The van der Waals surface area contributed by atoms with Crippen LogP contribution in [0.3, 0.4) is 0 Å². The Labute approximate surface area is 110 Å². The first-order chi connectivity index (χ1) is 8.76. The molecular formula is C13H10ClN3O. The van der Waals surface area contributed by atoms with Gasteiger partial charge in [-0.05, 0) is 23.8 Å². The minimum atomic E-state index is -0.462. The predicted octanol–water partition coefficient (Wildman–Crippen LogP) is 2.79. The Morgan fingerprint density at radius 1 is 1.39 bits per heavy atom. The molecule has 18 heavy (non-hydrogen) atoms. The van der Waals surface area contributed by atoms with E-state index in [1.165, 1.54) is 6.33 Å². The Hall–Kier alpha value is -2.12. The van der Waals surface area contributed by atoms with Crippen LogP contribution in [-0.4, -0.2) is 17.1 Å². The minimum Gasteiger partial charge on any atom is -0.495 e. The quantitative estimate of drug-likeness (QED) is 0.850. The molecule has 1 aromatic heterocycles. The summed E-state index contributed by atoms with van der Waals surface area (Å²) in [6.45, 7) is 0. The maximum Gasteiger partial charge on any atom is 0.137 e. The van der Waals surface area contributed by atoms with Crippen molar-refractivity contribution in [2.24, 2.45) is 0 Å². The van der Waals surface area contributed by atoms with Gasteiger partial charge in [0.15, 0.2) is 0 Å². The van der Waals surface area contributed by atoms with Gasteiger partial charge in [-0.2, -0.15) is 5.26 Å². The molecule has 1 atom stereocenters. The summed E-state index contributed by atoms with van der Waals surface area (Å²) in [4.78, 5) is 7.92. The summed E-state index contributed by atoms with van der Waals surface area (Å²) in [6, 6.07) is 9.19. The van der Waals surface area contributed by atoms with Gasteiger partial charge in [-0.3, -0.25) is 0 Å². The summed E-state index contributed by atoms with van der Waals surface area (Å²) < 4.78 is 5.08. The third-order valence-corrected chi connectivity index (χ3v) is 2.83. The Balaban J connectivity index is 2.41. The molecule has 0 fully saturated rings. The number of ether oxygens (including phenoxy) is 1. The average Bonchev–Trinajstić information content (AvgIpc) is 2.41. The van der Waals surface area contributed by atoms with Crippen LogP contribution in [0.5, 0.6) is 5.75 Å². The van der Waals surface area contributed by atoms with E-state index in [1.54, 1.807) is 37.6 Å². The van der Waals surface area contributed by atoms with Crippen LogP contribution >= 0.6 is 11.6 Å². The van der Waals surface area contributed by atoms with E-state index in [9.17, 15) is 5.26 Å². The van der Waals surface area contributed by atoms with Crippen LogP contribution in [0.4, 0.5) is 0 Å². The largest absolute Gasteiger partial charge is 0.495 e. The van der Waals surface area contributed by atoms with Crippen molar-refractivity contribution in [2.75, 3.05) is 7.11 Å². The first-order valence-corrected chi connectivity index (χ1v) is 5.63. The van der Waals surface area contributed by atoms with Gasteiger partial charge in [-0.25, -0.2) is 9.97 Å². The summed E-state index contributed by atoms with van der Waals surface area (Å²) in [5.74, 6) is 0.121. The van der Waals surface area contributed by atoms with E-state index in [0.29, 0.717) is 16.5 Å². The van der Waals surface area contributed by atoms with Gasteiger partial charge < -0.3 is 4.74 Å². The van der Waals surface area contributed by atoms with Gasteiger partial charge in [-0.15, -0.1) is 0 Å². The zero-order chi connectivity index (χ0) is 13.0. The number of methoxy groups -OCH3 is 1. The Morgan fingerprint density at radius 2 is 2.22 bits per heavy atom. The van der Waals surface area contributed by atoms with Crippen LogP contribution in [0.2, 0.25) is 5.02 Å². The lowest BCUT2D eigenvalue weighted by Gasteiger charge is -2.10. The highest BCUT2D eigenvalue weighted by Crippen LogP contribution is 2.30. The van der Waals surface area contributed by atoms with Crippen LogP contribution in [0.15, 0.2) is 36.8 Å². The number of nitriles is 1. The van der Waals surface area contributed by atoms with Crippen molar-refractivity contribution in [1.82, 2.24) is 9.97 Å². The monoisotopic (exact) mass is 259 g/mol. The molecule has 1 heterocycles. The number of aromatic nitrogens is 2. The molecule has 0 aliphatic heterocycles. The van der Waals surface area contributed by atoms with E-state index in [0.717, 1.165) is 5.56 Å². The minimum absolute atomic E-state index is 0.462. The average molecular weight is 260 g/mol. The van der Waals surface area contributed by atoms with Gasteiger partial charge in [0.05, 0.1) is 23.9 Å². The van der Waals surface area contributed by atoms with Crippen molar-refractivity contribution in [3.63, 3.8) is 0 Å². The maximum atomic E-state index is 9.27. The number of halogens is 1. The summed E-state index contributed by atoms with van der Waals surface area (Å²) in [5, 5.41) is 9.74. The van der Waals surface area contributed by atoms with Crippen molar-refractivity contribution in [2.45, 2.75) is 5.92 Å². The number of nitrogens with zero attached hydrogens (tertiary/aromatic N) is 3. The molecule has 0 saturated carbocycles. The fraction of sp³-hybridized carbons (Fsp3) is 0.154. The fourth-order valence-electron chi connectivity index (χ4n) is 1.65. The van der Waals surface area contributed by atoms with Crippen LogP contribution in [0.25, 0.3) is 0 Å². The van der Waals surface area contributed by atoms with Crippen LogP contribution in [0, 0.1) is 11.3 Å². The molecule has 1 unspecified atom stereocenters.